The number of aromatic nitrogens is 4. The highest BCUT2D eigenvalue weighted by atomic mass is 32.1. The Bertz CT molecular complexity index is 681. The minimum absolute atomic E-state index is 0.0677. The minimum atomic E-state index is -0.189. The first kappa shape index (κ1) is 16.9. The standard InChI is InChI=1S/C16H24N6OS/c1-4-11(15-17-7-9-24-15)18-16(23)19-13(10(2)3)14-21-20-12-6-5-8-22(12)14/h7,9-11,13H,4-6,8H2,1-3H3,(H2,18,19,23)/t11-,13+/m0/s1. The van der Waals surface area contributed by atoms with Gasteiger partial charge in [-0.15, -0.1) is 21.5 Å². The first-order valence-electron chi connectivity index (χ1n) is 8.48. The molecule has 0 unspecified atom stereocenters. The zero-order valence-corrected chi connectivity index (χ0v) is 15.1. The van der Waals surface area contributed by atoms with Gasteiger partial charge < -0.3 is 15.2 Å². The molecule has 2 atom stereocenters. The number of fused-ring (bicyclic) bond motifs is 1. The summed E-state index contributed by atoms with van der Waals surface area (Å²) in [4.78, 5) is 16.8. The number of rotatable bonds is 6. The van der Waals surface area contributed by atoms with E-state index in [9.17, 15) is 4.79 Å². The molecule has 2 amide bonds. The lowest BCUT2D eigenvalue weighted by atomic mass is 10.0. The molecule has 7 nitrogen and oxygen atoms in total. The van der Waals surface area contributed by atoms with Gasteiger partial charge in [-0.3, -0.25) is 0 Å². The summed E-state index contributed by atoms with van der Waals surface area (Å²) in [6, 6.07) is -0.411. The van der Waals surface area contributed by atoms with Crippen molar-refractivity contribution >= 4 is 17.4 Å². The lowest BCUT2D eigenvalue weighted by molar-refractivity contribution is 0.227. The fourth-order valence-electron chi connectivity index (χ4n) is 3.02. The van der Waals surface area contributed by atoms with Crippen molar-refractivity contribution in [1.29, 1.82) is 0 Å². The van der Waals surface area contributed by atoms with Crippen LogP contribution < -0.4 is 10.6 Å². The van der Waals surface area contributed by atoms with E-state index in [0.29, 0.717) is 0 Å². The van der Waals surface area contributed by atoms with Crippen LogP contribution in [0.5, 0.6) is 0 Å². The Hall–Kier alpha value is -1.96. The van der Waals surface area contributed by atoms with Crippen molar-refractivity contribution < 1.29 is 4.79 Å². The van der Waals surface area contributed by atoms with E-state index in [2.05, 4.69) is 44.2 Å². The number of nitrogens with zero attached hydrogens (tertiary/aromatic N) is 4. The van der Waals surface area contributed by atoms with E-state index in [0.717, 1.165) is 42.5 Å². The molecule has 24 heavy (non-hydrogen) atoms. The van der Waals surface area contributed by atoms with Crippen LogP contribution in [0.15, 0.2) is 11.6 Å². The minimum Gasteiger partial charge on any atom is -0.329 e. The second-order valence-electron chi connectivity index (χ2n) is 6.40. The summed E-state index contributed by atoms with van der Waals surface area (Å²) >= 11 is 1.56. The van der Waals surface area contributed by atoms with Crippen molar-refractivity contribution in [3.63, 3.8) is 0 Å². The molecule has 2 aromatic rings. The molecule has 0 bridgehead atoms. The van der Waals surface area contributed by atoms with Gasteiger partial charge in [0.15, 0.2) is 5.82 Å². The van der Waals surface area contributed by atoms with Gasteiger partial charge >= 0.3 is 6.03 Å². The monoisotopic (exact) mass is 348 g/mol. The maximum absolute atomic E-state index is 12.5. The van der Waals surface area contributed by atoms with Crippen LogP contribution in [0.25, 0.3) is 0 Å². The normalized spacial score (nSPS) is 16.0. The molecule has 1 aliphatic heterocycles. The molecule has 0 aromatic carbocycles. The van der Waals surface area contributed by atoms with Crippen LogP contribution in [0, 0.1) is 5.92 Å². The zero-order valence-electron chi connectivity index (χ0n) is 14.3. The predicted molar refractivity (Wildman–Crippen MR) is 92.7 cm³/mol. The van der Waals surface area contributed by atoms with Crippen LogP contribution in [0.3, 0.4) is 0 Å². The third-order valence-corrected chi connectivity index (χ3v) is 5.22. The van der Waals surface area contributed by atoms with E-state index in [4.69, 9.17) is 0 Å². The molecule has 0 fully saturated rings. The van der Waals surface area contributed by atoms with Gasteiger partial charge in [-0.05, 0) is 18.8 Å². The van der Waals surface area contributed by atoms with Gasteiger partial charge in [0.25, 0.3) is 0 Å². The van der Waals surface area contributed by atoms with Crippen molar-refractivity contribution in [3.8, 4) is 0 Å². The van der Waals surface area contributed by atoms with Gasteiger partial charge in [0.2, 0.25) is 0 Å². The number of amides is 2. The summed E-state index contributed by atoms with van der Waals surface area (Å²) in [6.07, 6.45) is 4.62. The lowest BCUT2D eigenvalue weighted by Crippen LogP contribution is -2.42. The van der Waals surface area contributed by atoms with Crippen LogP contribution in [-0.4, -0.2) is 25.8 Å². The highest BCUT2D eigenvalue weighted by molar-refractivity contribution is 7.09. The second-order valence-corrected chi connectivity index (χ2v) is 7.33. The number of thiazole rings is 1. The van der Waals surface area contributed by atoms with E-state index in [1.54, 1.807) is 17.5 Å². The van der Waals surface area contributed by atoms with Gasteiger partial charge in [0.05, 0.1) is 12.1 Å². The number of hydrogen-bond donors (Lipinski definition) is 2. The Morgan fingerprint density at radius 3 is 2.88 bits per heavy atom. The van der Waals surface area contributed by atoms with E-state index >= 15 is 0 Å². The molecule has 0 radical (unpaired) electrons. The average Bonchev–Trinajstić information content (AvgIpc) is 3.27. The summed E-state index contributed by atoms with van der Waals surface area (Å²) in [5, 5.41) is 17.5. The third-order valence-electron chi connectivity index (χ3n) is 4.33. The van der Waals surface area contributed by atoms with Crippen LogP contribution in [0.2, 0.25) is 0 Å². The SMILES string of the molecule is CC[C@H](NC(=O)N[C@@H](c1nnc2n1CCC2)C(C)C)c1nccs1. The maximum atomic E-state index is 12.5. The molecule has 1 aliphatic rings. The van der Waals surface area contributed by atoms with E-state index < -0.39 is 0 Å². The molecular weight excluding hydrogens is 324 g/mol. The summed E-state index contributed by atoms with van der Waals surface area (Å²) < 4.78 is 2.14. The Morgan fingerprint density at radius 2 is 2.21 bits per heavy atom. The van der Waals surface area contributed by atoms with Crippen molar-refractivity contribution in [1.82, 2.24) is 30.4 Å². The summed E-state index contributed by atoms with van der Waals surface area (Å²) in [5.41, 5.74) is 0. The summed E-state index contributed by atoms with van der Waals surface area (Å²) in [6.45, 7) is 7.14. The number of hydrogen-bond acceptors (Lipinski definition) is 5. The molecule has 0 saturated heterocycles. The highest BCUT2D eigenvalue weighted by Crippen LogP contribution is 2.25. The topological polar surface area (TPSA) is 84.7 Å². The molecule has 0 spiro atoms. The smallest absolute Gasteiger partial charge is 0.315 e. The average molecular weight is 348 g/mol. The van der Waals surface area contributed by atoms with Crippen molar-refractivity contribution in [2.45, 2.75) is 58.7 Å². The molecule has 0 saturated carbocycles. The van der Waals surface area contributed by atoms with Crippen molar-refractivity contribution in [2.24, 2.45) is 5.92 Å². The molecule has 2 N–H and O–H groups in total. The Morgan fingerprint density at radius 1 is 1.38 bits per heavy atom. The van der Waals surface area contributed by atoms with Gasteiger partial charge in [0.1, 0.15) is 10.8 Å². The van der Waals surface area contributed by atoms with Gasteiger partial charge in [-0.2, -0.15) is 0 Å². The third kappa shape index (κ3) is 3.43. The Kier molecular flexibility index (Phi) is 5.13. The summed E-state index contributed by atoms with van der Waals surface area (Å²) in [5.74, 6) is 2.10. The van der Waals surface area contributed by atoms with E-state index in [-0.39, 0.29) is 24.0 Å². The molecule has 3 heterocycles. The first-order valence-corrected chi connectivity index (χ1v) is 9.36. The van der Waals surface area contributed by atoms with Crippen molar-refractivity contribution in [2.75, 3.05) is 0 Å². The quantitative estimate of drug-likeness (QED) is 0.841. The van der Waals surface area contributed by atoms with Crippen molar-refractivity contribution in [3.05, 3.63) is 28.2 Å². The van der Waals surface area contributed by atoms with Gasteiger partial charge in [-0.1, -0.05) is 20.8 Å². The largest absolute Gasteiger partial charge is 0.329 e. The predicted octanol–water partition coefficient (Wildman–Crippen LogP) is 2.83. The molecule has 2 aromatic heterocycles. The Balaban J connectivity index is 1.70. The van der Waals surface area contributed by atoms with Crippen LogP contribution in [0.1, 0.15) is 62.4 Å². The highest BCUT2D eigenvalue weighted by Gasteiger charge is 2.28. The summed E-state index contributed by atoms with van der Waals surface area (Å²) in [7, 11) is 0. The van der Waals surface area contributed by atoms with Gasteiger partial charge in [0, 0.05) is 24.5 Å². The van der Waals surface area contributed by atoms with Crippen LogP contribution in [0.4, 0.5) is 4.79 Å². The fraction of sp³-hybridized carbons (Fsp3) is 0.625. The molecular formula is C16H24N6OS. The number of nitrogens with one attached hydrogen (secondary N) is 2. The first-order chi connectivity index (χ1) is 11.6. The van der Waals surface area contributed by atoms with Crippen LogP contribution in [-0.2, 0) is 13.0 Å². The zero-order chi connectivity index (χ0) is 17.1. The molecule has 130 valence electrons. The lowest BCUT2D eigenvalue weighted by Gasteiger charge is -2.23. The fourth-order valence-corrected chi connectivity index (χ4v) is 3.79. The Labute approximate surface area is 145 Å². The molecule has 0 aliphatic carbocycles. The van der Waals surface area contributed by atoms with E-state index in [1.807, 2.05) is 12.3 Å². The molecule has 8 heteroatoms. The number of carbonyl (C=O) groups is 1. The maximum Gasteiger partial charge on any atom is 0.315 e. The molecule has 3 rings (SSSR count). The van der Waals surface area contributed by atoms with Gasteiger partial charge in [-0.25, -0.2) is 9.78 Å². The number of carbonyl (C=O) groups excluding carboxylic acids is 1. The van der Waals surface area contributed by atoms with Crippen LogP contribution >= 0.6 is 11.3 Å². The van der Waals surface area contributed by atoms with E-state index in [1.165, 1.54) is 0 Å². The second kappa shape index (κ2) is 7.29. The number of aryl methyl sites for hydroxylation is 1. The number of urea groups is 1.